The van der Waals surface area contributed by atoms with E-state index in [0.717, 1.165) is 0 Å². The number of aryl methyl sites for hydroxylation is 1. The third-order valence-corrected chi connectivity index (χ3v) is 2.91. The molecule has 19 heavy (non-hydrogen) atoms. The monoisotopic (exact) mass is 267 g/mol. The Bertz CT molecular complexity index is 479. The van der Waals surface area contributed by atoms with E-state index in [4.69, 9.17) is 15.7 Å². The zero-order valence-corrected chi connectivity index (χ0v) is 10.7. The van der Waals surface area contributed by atoms with Crippen molar-refractivity contribution in [2.45, 2.75) is 13.0 Å². The van der Waals surface area contributed by atoms with Gasteiger partial charge in [-0.05, 0) is 13.0 Å². The molecule has 1 aromatic rings. The van der Waals surface area contributed by atoms with Gasteiger partial charge in [-0.25, -0.2) is 9.97 Å². The quantitative estimate of drug-likeness (QED) is 0.280. The number of aliphatic hydroxyl groups excluding tert-OH is 1. The molecule has 0 spiro atoms. The number of hydrogen-bond donors (Lipinski definition) is 3. The number of hydrogen-bond acceptors (Lipinski definition) is 7. The van der Waals surface area contributed by atoms with Crippen LogP contribution in [0.2, 0.25) is 0 Å². The van der Waals surface area contributed by atoms with Crippen LogP contribution < -0.4 is 10.6 Å². The molecule has 1 aliphatic heterocycles. The van der Waals surface area contributed by atoms with Gasteiger partial charge >= 0.3 is 0 Å². The smallest absolute Gasteiger partial charge is 0.226 e. The van der Waals surface area contributed by atoms with Gasteiger partial charge in [0.2, 0.25) is 5.95 Å². The van der Waals surface area contributed by atoms with E-state index in [9.17, 15) is 5.11 Å². The maximum Gasteiger partial charge on any atom is 0.226 e. The van der Waals surface area contributed by atoms with Crippen molar-refractivity contribution in [3.63, 3.8) is 0 Å². The second-order valence-electron chi connectivity index (χ2n) is 4.28. The number of morpholine rings is 1. The molecule has 2 heterocycles. The second-order valence-corrected chi connectivity index (χ2v) is 4.28. The van der Waals surface area contributed by atoms with Crippen molar-refractivity contribution in [2.75, 3.05) is 31.3 Å². The molecule has 1 fully saturated rings. The number of ether oxygens (including phenoxy) is 1. The van der Waals surface area contributed by atoms with E-state index in [2.05, 4.69) is 15.1 Å². The molecule has 0 radical (unpaired) electrons. The molecule has 8 nitrogen and oxygen atoms in total. The van der Waals surface area contributed by atoms with Crippen LogP contribution in [0.25, 0.3) is 0 Å². The molecule has 0 saturated carbocycles. The lowest BCUT2D eigenvalue weighted by atomic mass is 10.2. The molecule has 8 heteroatoms. The molecule has 2 rings (SSSR count). The third kappa shape index (κ3) is 2.91. The van der Waals surface area contributed by atoms with E-state index in [1.165, 1.54) is 0 Å². The maximum atomic E-state index is 9.35. The van der Waals surface area contributed by atoms with Gasteiger partial charge in [0.25, 0.3) is 0 Å². The van der Waals surface area contributed by atoms with E-state index in [1.807, 2.05) is 4.90 Å². The zero-order chi connectivity index (χ0) is 13.8. The first-order valence-electron chi connectivity index (χ1n) is 5.94. The SMILES string of the molecule is Cc1cc(/C(N)=N/O)nc(N2CCOCC2CO)n1. The van der Waals surface area contributed by atoms with Gasteiger partial charge in [0.05, 0.1) is 25.9 Å². The first kappa shape index (κ1) is 13.5. The number of rotatable bonds is 3. The predicted molar refractivity (Wildman–Crippen MR) is 68.3 cm³/mol. The lowest BCUT2D eigenvalue weighted by Gasteiger charge is -2.34. The van der Waals surface area contributed by atoms with Gasteiger partial charge in [0.15, 0.2) is 5.84 Å². The molecule has 104 valence electrons. The van der Waals surface area contributed by atoms with Gasteiger partial charge in [0, 0.05) is 12.2 Å². The topological polar surface area (TPSA) is 117 Å². The number of aromatic nitrogens is 2. The standard InChI is InChI=1S/C11H17N5O3/c1-7-4-9(10(12)15-18)14-11(13-7)16-2-3-19-6-8(16)5-17/h4,8,17-18H,2-3,5-6H2,1H3,(H2,12,15). The van der Waals surface area contributed by atoms with Crippen LogP contribution >= 0.6 is 0 Å². The van der Waals surface area contributed by atoms with Crippen molar-refractivity contribution in [3.8, 4) is 0 Å². The zero-order valence-electron chi connectivity index (χ0n) is 10.7. The minimum atomic E-state index is -0.185. The Morgan fingerprint density at radius 2 is 2.42 bits per heavy atom. The minimum Gasteiger partial charge on any atom is -0.409 e. The summed E-state index contributed by atoms with van der Waals surface area (Å²) in [5.74, 6) is 0.379. The van der Waals surface area contributed by atoms with E-state index >= 15 is 0 Å². The third-order valence-electron chi connectivity index (χ3n) is 2.91. The van der Waals surface area contributed by atoms with Gasteiger partial charge in [-0.1, -0.05) is 5.16 Å². The van der Waals surface area contributed by atoms with Crippen LogP contribution in [0.5, 0.6) is 0 Å². The summed E-state index contributed by atoms with van der Waals surface area (Å²) in [6, 6.07) is 1.45. The Hall–Kier alpha value is -1.93. The van der Waals surface area contributed by atoms with Crippen LogP contribution in [0.15, 0.2) is 11.2 Å². The largest absolute Gasteiger partial charge is 0.409 e. The van der Waals surface area contributed by atoms with Crippen LogP contribution in [0.4, 0.5) is 5.95 Å². The van der Waals surface area contributed by atoms with Crippen LogP contribution in [0.1, 0.15) is 11.4 Å². The summed E-state index contributed by atoms with van der Waals surface area (Å²) >= 11 is 0. The van der Waals surface area contributed by atoms with Crippen molar-refractivity contribution < 1.29 is 15.1 Å². The highest BCUT2D eigenvalue weighted by Crippen LogP contribution is 2.16. The van der Waals surface area contributed by atoms with Crippen molar-refractivity contribution in [1.82, 2.24) is 9.97 Å². The van der Waals surface area contributed by atoms with Gasteiger partial charge in [-0.3, -0.25) is 0 Å². The fraction of sp³-hybridized carbons (Fsp3) is 0.545. The summed E-state index contributed by atoms with van der Waals surface area (Å²) in [5, 5.41) is 21.0. The fourth-order valence-corrected chi connectivity index (χ4v) is 1.93. The van der Waals surface area contributed by atoms with Gasteiger partial charge < -0.3 is 25.7 Å². The summed E-state index contributed by atoms with van der Waals surface area (Å²) in [7, 11) is 0. The van der Waals surface area contributed by atoms with E-state index in [1.54, 1.807) is 13.0 Å². The Morgan fingerprint density at radius 1 is 1.63 bits per heavy atom. The van der Waals surface area contributed by atoms with Crippen LogP contribution in [-0.2, 0) is 4.74 Å². The van der Waals surface area contributed by atoms with Gasteiger partial charge in [0.1, 0.15) is 5.69 Å². The molecule has 1 aromatic heterocycles. The molecule has 0 aromatic carbocycles. The average molecular weight is 267 g/mol. The molecule has 1 unspecified atom stereocenters. The number of aliphatic hydroxyl groups is 1. The summed E-state index contributed by atoms with van der Waals surface area (Å²) in [5.41, 5.74) is 6.60. The van der Waals surface area contributed by atoms with E-state index in [-0.39, 0.29) is 18.5 Å². The summed E-state index contributed by atoms with van der Waals surface area (Å²) in [6.07, 6.45) is 0. The second kappa shape index (κ2) is 5.81. The van der Waals surface area contributed by atoms with Gasteiger partial charge in [-0.15, -0.1) is 0 Å². The Kier molecular flexibility index (Phi) is 4.13. The van der Waals surface area contributed by atoms with Crippen LogP contribution in [-0.4, -0.2) is 58.5 Å². The number of amidine groups is 1. The predicted octanol–water partition coefficient (Wildman–Crippen LogP) is -0.923. The van der Waals surface area contributed by atoms with Crippen LogP contribution in [0, 0.1) is 6.92 Å². The van der Waals surface area contributed by atoms with Crippen molar-refractivity contribution >= 4 is 11.8 Å². The lowest BCUT2D eigenvalue weighted by molar-refractivity contribution is 0.0718. The van der Waals surface area contributed by atoms with Crippen LogP contribution in [0.3, 0.4) is 0 Å². The molecule has 0 amide bonds. The molecule has 1 atom stereocenters. The molecule has 4 N–H and O–H groups in total. The Labute approximate surface area is 110 Å². The number of nitrogens with zero attached hydrogens (tertiary/aromatic N) is 4. The van der Waals surface area contributed by atoms with Crippen molar-refractivity contribution in [1.29, 1.82) is 0 Å². The highest BCUT2D eigenvalue weighted by atomic mass is 16.5. The highest BCUT2D eigenvalue weighted by molar-refractivity contribution is 5.95. The Balaban J connectivity index is 2.35. The first-order valence-corrected chi connectivity index (χ1v) is 5.94. The maximum absolute atomic E-state index is 9.35. The molecule has 0 aliphatic carbocycles. The molecular weight excluding hydrogens is 250 g/mol. The van der Waals surface area contributed by atoms with Crippen molar-refractivity contribution in [3.05, 3.63) is 17.5 Å². The lowest BCUT2D eigenvalue weighted by Crippen LogP contribution is -2.48. The normalized spacial score (nSPS) is 20.6. The number of anilines is 1. The van der Waals surface area contributed by atoms with Gasteiger partial charge in [-0.2, -0.15) is 0 Å². The average Bonchev–Trinajstić information content (AvgIpc) is 2.45. The number of oxime groups is 1. The summed E-state index contributed by atoms with van der Waals surface area (Å²) in [4.78, 5) is 10.5. The Morgan fingerprint density at radius 3 is 3.11 bits per heavy atom. The highest BCUT2D eigenvalue weighted by Gasteiger charge is 2.25. The first-order chi connectivity index (χ1) is 9.15. The molecule has 0 bridgehead atoms. The van der Waals surface area contributed by atoms with Crippen molar-refractivity contribution in [2.24, 2.45) is 10.9 Å². The summed E-state index contributed by atoms with van der Waals surface area (Å²) < 4.78 is 5.31. The van der Waals surface area contributed by atoms with E-state index in [0.29, 0.717) is 37.1 Å². The number of nitrogens with two attached hydrogens (primary N) is 1. The molecule has 1 saturated heterocycles. The minimum absolute atomic E-state index is 0.0454. The fourth-order valence-electron chi connectivity index (χ4n) is 1.93. The molecule has 1 aliphatic rings. The summed E-state index contributed by atoms with van der Waals surface area (Å²) in [6.45, 7) is 3.31. The van der Waals surface area contributed by atoms with E-state index < -0.39 is 0 Å². The molecular formula is C11H17N5O3.